The summed E-state index contributed by atoms with van der Waals surface area (Å²) in [5.41, 5.74) is 2.29. The molecule has 0 spiro atoms. The Balaban J connectivity index is 1.21. The van der Waals surface area contributed by atoms with E-state index < -0.39 is 41.2 Å². The number of hydrogen-bond donors (Lipinski definition) is 0. The minimum atomic E-state index is -0.891. The summed E-state index contributed by atoms with van der Waals surface area (Å²) >= 11 is 0. The maximum absolute atomic E-state index is 13.0. The molecule has 0 N–H and O–H groups in total. The van der Waals surface area contributed by atoms with Crippen molar-refractivity contribution < 1.29 is 47.7 Å². The summed E-state index contributed by atoms with van der Waals surface area (Å²) < 4.78 is 20.5. The molecule has 0 unspecified atom stereocenters. The van der Waals surface area contributed by atoms with Crippen molar-refractivity contribution in [1.29, 1.82) is 0 Å². The Hall–Kier alpha value is -5.90. The largest absolute Gasteiger partial charge is 0.423 e. The maximum Gasteiger partial charge on any atom is 0.347 e. The number of ether oxygens (including phenoxy) is 4. The molecule has 10 nitrogen and oxygen atoms in total. The van der Waals surface area contributed by atoms with Gasteiger partial charge in [0.15, 0.2) is 0 Å². The Morgan fingerprint density at radius 2 is 0.978 bits per heavy atom. The minimum absolute atomic E-state index is 0.0177. The van der Waals surface area contributed by atoms with Crippen LogP contribution in [0.1, 0.15) is 98.2 Å². The van der Waals surface area contributed by atoms with Gasteiger partial charge in [-0.05, 0) is 72.5 Å². The number of rotatable bonds is 6. The molecule has 0 radical (unpaired) electrons. The number of hydrogen-bond acceptors (Lipinski definition) is 10. The zero-order chi connectivity index (χ0) is 32.2. The standard InChI is InChI=1S/C35H24O10/c1-17-15-19(11-13-25(17)42-29(36)21-7-5-9-23-27(21)33(40)44-31(23)38)35(3,4)20-12-14-26(18(2)16-20)43-30(37)22-8-6-10-24-28(22)34(41)45-32(24)39/h5-16H,1-4H3. The van der Waals surface area contributed by atoms with Crippen LogP contribution in [0.2, 0.25) is 0 Å². The number of benzene rings is 4. The lowest BCUT2D eigenvalue weighted by molar-refractivity contribution is 0.0424. The molecule has 0 aromatic heterocycles. The van der Waals surface area contributed by atoms with Gasteiger partial charge in [0.25, 0.3) is 0 Å². The summed E-state index contributed by atoms with van der Waals surface area (Å²) in [4.78, 5) is 74.0. The van der Waals surface area contributed by atoms with Crippen molar-refractivity contribution in [3.8, 4) is 11.5 Å². The van der Waals surface area contributed by atoms with Crippen LogP contribution in [0.15, 0.2) is 72.8 Å². The lowest BCUT2D eigenvalue weighted by Gasteiger charge is -2.27. The molecule has 0 aliphatic carbocycles. The van der Waals surface area contributed by atoms with Crippen LogP contribution in [-0.2, 0) is 14.9 Å². The lowest BCUT2D eigenvalue weighted by Crippen LogP contribution is -2.20. The fraction of sp³-hybridized carbons (Fsp3) is 0.143. The Kier molecular flexibility index (Phi) is 6.92. The summed E-state index contributed by atoms with van der Waals surface area (Å²) in [7, 11) is 0. The van der Waals surface area contributed by atoms with Gasteiger partial charge < -0.3 is 18.9 Å². The molecule has 2 aliphatic rings. The van der Waals surface area contributed by atoms with Crippen molar-refractivity contribution in [2.45, 2.75) is 33.1 Å². The number of carbonyl (C=O) groups excluding carboxylic acids is 6. The van der Waals surface area contributed by atoms with Gasteiger partial charge in [-0.2, -0.15) is 0 Å². The quantitative estimate of drug-likeness (QED) is 0.153. The molecule has 2 aliphatic heterocycles. The Morgan fingerprint density at radius 3 is 1.36 bits per heavy atom. The lowest BCUT2D eigenvalue weighted by atomic mass is 9.77. The summed E-state index contributed by atoms with van der Waals surface area (Å²) in [5, 5.41) is 0. The molecule has 224 valence electrons. The Bertz CT molecular complexity index is 1870. The average molecular weight is 605 g/mol. The van der Waals surface area contributed by atoms with E-state index in [4.69, 9.17) is 9.47 Å². The third kappa shape index (κ3) is 4.96. The molecular formula is C35H24O10. The van der Waals surface area contributed by atoms with Crippen LogP contribution in [-0.4, -0.2) is 35.8 Å². The van der Waals surface area contributed by atoms with E-state index in [1.807, 2.05) is 38.1 Å². The summed E-state index contributed by atoms with van der Waals surface area (Å²) in [6, 6.07) is 19.3. The number of esters is 6. The van der Waals surface area contributed by atoms with E-state index in [1.54, 1.807) is 26.0 Å². The normalized spacial score (nSPS) is 13.6. The minimum Gasteiger partial charge on any atom is -0.423 e. The van der Waals surface area contributed by atoms with E-state index in [-0.39, 0.29) is 44.9 Å². The van der Waals surface area contributed by atoms with Crippen LogP contribution in [0.25, 0.3) is 0 Å². The van der Waals surface area contributed by atoms with Gasteiger partial charge in [0.05, 0.1) is 33.4 Å². The smallest absolute Gasteiger partial charge is 0.347 e. The van der Waals surface area contributed by atoms with Crippen molar-refractivity contribution in [2.75, 3.05) is 0 Å². The van der Waals surface area contributed by atoms with Crippen molar-refractivity contribution in [3.63, 3.8) is 0 Å². The molecule has 4 aromatic rings. The second-order valence-electron chi connectivity index (χ2n) is 11.2. The highest BCUT2D eigenvalue weighted by Gasteiger charge is 2.36. The van der Waals surface area contributed by atoms with Crippen LogP contribution in [0.4, 0.5) is 0 Å². The first-order valence-corrected chi connectivity index (χ1v) is 13.8. The van der Waals surface area contributed by atoms with Crippen molar-refractivity contribution in [2.24, 2.45) is 0 Å². The predicted octanol–water partition coefficient (Wildman–Crippen LogP) is 5.69. The van der Waals surface area contributed by atoms with Gasteiger partial charge >= 0.3 is 35.8 Å². The van der Waals surface area contributed by atoms with Gasteiger partial charge in [0.1, 0.15) is 11.5 Å². The van der Waals surface area contributed by atoms with E-state index in [0.717, 1.165) is 11.1 Å². The zero-order valence-electron chi connectivity index (χ0n) is 24.5. The van der Waals surface area contributed by atoms with E-state index in [2.05, 4.69) is 9.47 Å². The van der Waals surface area contributed by atoms with Gasteiger partial charge in [0.2, 0.25) is 0 Å². The molecule has 2 heterocycles. The topological polar surface area (TPSA) is 139 Å². The highest BCUT2D eigenvalue weighted by Crippen LogP contribution is 2.37. The zero-order valence-corrected chi connectivity index (χ0v) is 24.5. The van der Waals surface area contributed by atoms with Gasteiger partial charge in [-0.3, -0.25) is 0 Å². The van der Waals surface area contributed by atoms with Crippen molar-refractivity contribution in [1.82, 2.24) is 0 Å². The summed E-state index contributed by atoms with van der Waals surface area (Å²) in [6.07, 6.45) is 0. The van der Waals surface area contributed by atoms with Gasteiger partial charge in [-0.1, -0.05) is 50.2 Å². The first-order chi connectivity index (χ1) is 21.4. The molecular weight excluding hydrogens is 580 g/mol. The third-order valence-corrected chi connectivity index (χ3v) is 7.99. The highest BCUT2D eigenvalue weighted by atomic mass is 16.6. The molecule has 10 heteroatoms. The van der Waals surface area contributed by atoms with Crippen LogP contribution >= 0.6 is 0 Å². The van der Waals surface area contributed by atoms with E-state index in [9.17, 15) is 28.8 Å². The monoisotopic (exact) mass is 604 g/mol. The molecule has 4 aromatic carbocycles. The average Bonchev–Trinajstić information content (AvgIpc) is 3.47. The molecule has 6 rings (SSSR count). The fourth-order valence-corrected chi connectivity index (χ4v) is 5.39. The van der Waals surface area contributed by atoms with E-state index in [1.165, 1.54) is 36.4 Å². The molecule has 45 heavy (non-hydrogen) atoms. The second-order valence-corrected chi connectivity index (χ2v) is 11.2. The summed E-state index contributed by atoms with van der Waals surface area (Å²) in [6.45, 7) is 7.60. The van der Waals surface area contributed by atoms with Gasteiger partial charge in [0, 0.05) is 5.41 Å². The molecule has 0 fully saturated rings. The highest BCUT2D eigenvalue weighted by molar-refractivity contribution is 6.20. The Morgan fingerprint density at radius 1 is 0.578 bits per heavy atom. The van der Waals surface area contributed by atoms with Crippen LogP contribution in [0.5, 0.6) is 11.5 Å². The van der Waals surface area contributed by atoms with E-state index >= 15 is 0 Å². The fourth-order valence-electron chi connectivity index (χ4n) is 5.39. The van der Waals surface area contributed by atoms with Crippen LogP contribution in [0.3, 0.4) is 0 Å². The second kappa shape index (κ2) is 10.7. The number of fused-ring (bicyclic) bond motifs is 2. The van der Waals surface area contributed by atoms with Crippen LogP contribution in [0, 0.1) is 13.8 Å². The first-order valence-electron chi connectivity index (χ1n) is 13.8. The van der Waals surface area contributed by atoms with Crippen LogP contribution < -0.4 is 9.47 Å². The predicted molar refractivity (Wildman–Crippen MR) is 157 cm³/mol. The molecule has 0 saturated heterocycles. The maximum atomic E-state index is 13.0. The number of aryl methyl sites for hydroxylation is 2. The molecule has 0 amide bonds. The number of cyclic esters (lactones) is 4. The SMILES string of the molecule is Cc1cc(C(C)(C)c2ccc(OC(=O)c3cccc4c3C(=O)OC4=O)c(C)c2)ccc1OC(=O)c1cccc2c1C(=O)OC2=O. The molecule has 0 bridgehead atoms. The van der Waals surface area contributed by atoms with Crippen molar-refractivity contribution in [3.05, 3.63) is 128 Å². The molecule has 0 atom stereocenters. The Labute approximate surface area is 256 Å². The summed E-state index contributed by atoms with van der Waals surface area (Å²) in [5.74, 6) is -4.42. The number of carbonyl (C=O) groups is 6. The first kappa shape index (κ1) is 29.2. The van der Waals surface area contributed by atoms with Crippen molar-refractivity contribution >= 4 is 35.8 Å². The molecule has 0 saturated carbocycles. The van der Waals surface area contributed by atoms with Gasteiger partial charge in [-0.15, -0.1) is 0 Å². The van der Waals surface area contributed by atoms with E-state index in [0.29, 0.717) is 11.1 Å². The van der Waals surface area contributed by atoms with Gasteiger partial charge in [-0.25, -0.2) is 28.8 Å². The third-order valence-electron chi connectivity index (χ3n) is 7.99.